The summed E-state index contributed by atoms with van der Waals surface area (Å²) in [6, 6.07) is 17.2. The first-order valence-corrected chi connectivity index (χ1v) is 12.8. The highest BCUT2D eigenvalue weighted by Gasteiger charge is 2.41. The van der Waals surface area contributed by atoms with E-state index >= 15 is 4.39 Å². The zero-order chi connectivity index (χ0) is 30.9. The van der Waals surface area contributed by atoms with Crippen LogP contribution in [0.1, 0.15) is 18.1 Å². The number of halogens is 8. The van der Waals surface area contributed by atoms with Crippen LogP contribution in [0.25, 0.3) is 39.5 Å². The monoisotopic (exact) mass is 596 g/mol. The van der Waals surface area contributed by atoms with E-state index in [1.54, 1.807) is 12.1 Å². The van der Waals surface area contributed by atoms with Gasteiger partial charge in [-0.2, -0.15) is 8.78 Å². The number of benzene rings is 5. The topological polar surface area (TPSA) is 9.23 Å². The number of rotatable bonds is 7. The summed E-state index contributed by atoms with van der Waals surface area (Å²) in [6.45, 7) is 1.87. The van der Waals surface area contributed by atoms with Crippen LogP contribution < -0.4 is 4.74 Å². The van der Waals surface area contributed by atoms with Gasteiger partial charge in [-0.1, -0.05) is 54.6 Å². The van der Waals surface area contributed by atoms with Gasteiger partial charge in [0, 0.05) is 17.2 Å². The maximum absolute atomic E-state index is 15.0. The molecule has 0 heterocycles. The molecule has 9 heteroatoms. The molecule has 0 saturated carbocycles. The molecule has 0 N–H and O–H groups in total. The summed E-state index contributed by atoms with van der Waals surface area (Å²) in [6.07, 6.45) is -0.848. The molecular formula is C34H20F8O. The van der Waals surface area contributed by atoms with Crippen molar-refractivity contribution in [3.05, 3.63) is 143 Å². The Morgan fingerprint density at radius 1 is 0.512 bits per heavy atom. The van der Waals surface area contributed by atoms with Crippen molar-refractivity contribution in [3.63, 3.8) is 0 Å². The van der Waals surface area contributed by atoms with E-state index in [9.17, 15) is 30.7 Å². The second-order valence-corrected chi connectivity index (χ2v) is 9.52. The second-order valence-electron chi connectivity index (χ2n) is 9.52. The molecule has 0 aliphatic carbocycles. The molecule has 0 amide bonds. The molecular weight excluding hydrogens is 576 g/mol. The van der Waals surface area contributed by atoms with Gasteiger partial charge in [0.2, 0.25) is 0 Å². The quantitative estimate of drug-likeness (QED) is 0.170. The Morgan fingerprint density at radius 3 is 1.65 bits per heavy atom. The molecule has 0 radical (unpaired) electrons. The van der Waals surface area contributed by atoms with Gasteiger partial charge in [0.15, 0.2) is 11.6 Å². The predicted molar refractivity (Wildman–Crippen MR) is 148 cm³/mol. The third kappa shape index (κ3) is 6.16. The Bertz CT molecular complexity index is 1820. The minimum absolute atomic E-state index is 0.0787. The average Bonchev–Trinajstić information content (AvgIpc) is 2.94. The lowest BCUT2D eigenvalue weighted by molar-refractivity contribution is -0.189. The van der Waals surface area contributed by atoms with Gasteiger partial charge in [0.25, 0.3) is 0 Å². The van der Waals surface area contributed by atoms with E-state index < -0.39 is 52.3 Å². The van der Waals surface area contributed by atoms with Crippen molar-refractivity contribution in [2.75, 3.05) is 0 Å². The van der Waals surface area contributed by atoms with E-state index in [0.29, 0.717) is 35.4 Å². The fourth-order valence-corrected chi connectivity index (χ4v) is 4.57. The molecule has 5 aromatic rings. The van der Waals surface area contributed by atoms with Gasteiger partial charge in [0.05, 0.1) is 0 Å². The lowest BCUT2D eigenvalue weighted by Crippen LogP contribution is -2.25. The SMILES string of the molecule is CC=Cc1ccc(-c2ccc(-c3cc(F)c(C(F)(F)Oc4ccc(-c5ccc(F)c(F)c5)c(F)c4)c(F)c3)c(F)c2)cc1. The summed E-state index contributed by atoms with van der Waals surface area (Å²) in [5.74, 6) is -8.61. The molecule has 0 aromatic heterocycles. The van der Waals surface area contributed by atoms with Crippen molar-refractivity contribution in [2.45, 2.75) is 13.0 Å². The van der Waals surface area contributed by atoms with Crippen LogP contribution in [-0.4, -0.2) is 0 Å². The first kappa shape index (κ1) is 29.6. The number of alkyl halides is 2. The highest BCUT2D eigenvalue weighted by molar-refractivity contribution is 5.72. The summed E-state index contributed by atoms with van der Waals surface area (Å²) >= 11 is 0. The lowest BCUT2D eigenvalue weighted by atomic mass is 9.97. The highest BCUT2D eigenvalue weighted by atomic mass is 19.3. The van der Waals surface area contributed by atoms with Crippen molar-refractivity contribution < 1.29 is 39.9 Å². The van der Waals surface area contributed by atoms with Crippen LogP contribution in [-0.2, 0) is 6.11 Å². The Morgan fingerprint density at radius 2 is 1.05 bits per heavy atom. The molecule has 0 fully saturated rings. The minimum atomic E-state index is -4.61. The van der Waals surface area contributed by atoms with Crippen LogP contribution in [0.5, 0.6) is 5.75 Å². The first-order chi connectivity index (χ1) is 20.5. The van der Waals surface area contributed by atoms with Crippen molar-refractivity contribution in [1.29, 1.82) is 0 Å². The summed E-state index contributed by atoms with van der Waals surface area (Å²) in [4.78, 5) is 0. The van der Waals surface area contributed by atoms with E-state index in [1.165, 1.54) is 18.2 Å². The van der Waals surface area contributed by atoms with Crippen LogP contribution in [0.3, 0.4) is 0 Å². The predicted octanol–water partition coefficient (Wildman–Crippen LogP) is 10.7. The van der Waals surface area contributed by atoms with E-state index in [-0.39, 0.29) is 22.3 Å². The molecule has 0 bridgehead atoms. The fourth-order valence-electron chi connectivity index (χ4n) is 4.57. The van der Waals surface area contributed by atoms with Crippen LogP contribution in [0.2, 0.25) is 0 Å². The molecule has 5 aromatic carbocycles. The van der Waals surface area contributed by atoms with Gasteiger partial charge in [-0.15, -0.1) is 0 Å². The number of allylic oxidation sites excluding steroid dienone is 1. The van der Waals surface area contributed by atoms with Crippen molar-refractivity contribution in [3.8, 4) is 39.1 Å². The van der Waals surface area contributed by atoms with Gasteiger partial charge < -0.3 is 4.74 Å². The normalized spacial score (nSPS) is 11.7. The summed E-state index contributed by atoms with van der Waals surface area (Å²) in [5.41, 5.74) is -0.522. The molecule has 0 saturated heterocycles. The summed E-state index contributed by atoms with van der Waals surface area (Å²) < 4.78 is 121. The Kier molecular flexibility index (Phi) is 8.08. The minimum Gasteiger partial charge on any atom is -0.429 e. The van der Waals surface area contributed by atoms with Gasteiger partial charge in [-0.3, -0.25) is 0 Å². The number of hydrogen-bond acceptors (Lipinski definition) is 1. The zero-order valence-corrected chi connectivity index (χ0v) is 22.2. The van der Waals surface area contributed by atoms with Crippen molar-refractivity contribution in [1.82, 2.24) is 0 Å². The Labute approximate surface area is 241 Å². The van der Waals surface area contributed by atoms with Crippen LogP contribution >= 0.6 is 0 Å². The van der Waals surface area contributed by atoms with Crippen molar-refractivity contribution >= 4 is 6.08 Å². The maximum atomic E-state index is 15.0. The maximum Gasteiger partial charge on any atom is 0.432 e. The van der Waals surface area contributed by atoms with E-state index in [2.05, 4.69) is 4.74 Å². The highest BCUT2D eigenvalue weighted by Crippen LogP contribution is 2.39. The smallest absolute Gasteiger partial charge is 0.429 e. The molecule has 0 atom stereocenters. The number of ether oxygens (including phenoxy) is 1. The molecule has 5 rings (SSSR count). The largest absolute Gasteiger partial charge is 0.432 e. The third-order valence-electron chi connectivity index (χ3n) is 6.63. The van der Waals surface area contributed by atoms with Crippen LogP contribution in [0, 0.1) is 34.9 Å². The van der Waals surface area contributed by atoms with Gasteiger partial charge in [-0.25, -0.2) is 26.3 Å². The van der Waals surface area contributed by atoms with E-state index in [1.807, 2.05) is 31.2 Å². The fraction of sp³-hybridized carbons (Fsp3) is 0.0588. The van der Waals surface area contributed by atoms with E-state index in [4.69, 9.17) is 0 Å². The summed E-state index contributed by atoms with van der Waals surface area (Å²) in [5, 5.41) is 0. The van der Waals surface area contributed by atoms with Gasteiger partial charge in [-0.05, 0) is 77.2 Å². The molecule has 43 heavy (non-hydrogen) atoms. The van der Waals surface area contributed by atoms with Crippen LogP contribution in [0.15, 0.2) is 97.1 Å². The Balaban J connectivity index is 1.40. The molecule has 0 aliphatic rings. The molecule has 0 aliphatic heterocycles. The lowest BCUT2D eigenvalue weighted by Gasteiger charge is -2.20. The standard InChI is InChI=1S/C34H20F8O/c1-2-3-19-4-6-20(7-5-19)21-8-11-26(28(36)14-21)23-16-31(39)33(32(40)17-23)34(41,42)43-24-10-12-25(29(37)18-24)22-9-13-27(35)30(38)15-22/h2-18H,1H3. The summed E-state index contributed by atoms with van der Waals surface area (Å²) in [7, 11) is 0. The van der Waals surface area contributed by atoms with Gasteiger partial charge in [0.1, 0.15) is 34.6 Å². The van der Waals surface area contributed by atoms with E-state index in [0.717, 1.165) is 29.8 Å². The molecule has 0 spiro atoms. The first-order valence-electron chi connectivity index (χ1n) is 12.8. The van der Waals surface area contributed by atoms with Gasteiger partial charge >= 0.3 is 6.11 Å². The average molecular weight is 597 g/mol. The zero-order valence-electron chi connectivity index (χ0n) is 22.2. The molecule has 1 nitrogen and oxygen atoms in total. The van der Waals surface area contributed by atoms with Crippen LogP contribution in [0.4, 0.5) is 35.1 Å². The molecule has 0 unspecified atom stereocenters. The molecule has 218 valence electrons. The number of hydrogen-bond donors (Lipinski definition) is 0. The third-order valence-corrected chi connectivity index (χ3v) is 6.63. The Hall–Kier alpha value is -4.92. The van der Waals surface area contributed by atoms with Crippen molar-refractivity contribution in [2.24, 2.45) is 0 Å². The second kappa shape index (κ2) is 11.8.